The van der Waals surface area contributed by atoms with Crippen molar-refractivity contribution in [3.05, 3.63) is 24.3 Å². The standard InChI is InChI=1S/C14H24N2O4S/c1-2-8-16-21(18,19)14-6-4-13(5-7-14)15-9-3-11-20-12-10-17/h4-7,15-17H,2-3,8-12H2,1H3. The summed E-state index contributed by atoms with van der Waals surface area (Å²) >= 11 is 0. The zero-order chi connectivity index (χ0) is 15.6. The average Bonchev–Trinajstić information content (AvgIpc) is 2.49. The minimum Gasteiger partial charge on any atom is -0.394 e. The summed E-state index contributed by atoms with van der Waals surface area (Å²) in [7, 11) is -3.40. The first-order valence-electron chi connectivity index (χ1n) is 7.12. The van der Waals surface area contributed by atoms with Gasteiger partial charge in [0.2, 0.25) is 10.0 Å². The number of ether oxygens (including phenoxy) is 1. The third-order valence-electron chi connectivity index (χ3n) is 2.74. The molecule has 1 aromatic rings. The van der Waals surface area contributed by atoms with Crippen molar-refractivity contribution in [1.29, 1.82) is 0 Å². The van der Waals surface area contributed by atoms with Crippen molar-refractivity contribution in [2.75, 3.05) is 38.2 Å². The number of anilines is 1. The minimum atomic E-state index is -3.40. The van der Waals surface area contributed by atoms with E-state index in [0.29, 0.717) is 19.8 Å². The van der Waals surface area contributed by atoms with Gasteiger partial charge in [0.15, 0.2) is 0 Å². The summed E-state index contributed by atoms with van der Waals surface area (Å²) in [5.41, 5.74) is 0.867. The highest BCUT2D eigenvalue weighted by Crippen LogP contribution is 2.13. The summed E-state index contributed by atoms with van der Waals surface area (Å²) in [6.07, 6.45) is 1.58. The Hall–Kier alpha value is -1.15. The first kappa shape index (κ1) is 17.9. The summed E-state index contributed by atoms with van der Waals surface area (Å²) < 4.78 is 31.5. The molecule has 0 aliphatic heterocycles. The van der Waals surface area contributed by atoms with Gasteiger partial charge in [-0.15, -0.1) is 0 Å². The van der Waals surface area contributed by atoms with E-state index in [-0.39, 0.29) is 11.5 Å². The summed E-state index contributed by atoms with van der Waals surface area (Å²) in [6.45, 7) is 4.06. The van der Waals surface area contributed by atoms with Gasteiger partial charge in [-0.25, -0.2) is 13.1 Å². The molecule has 0 aliphatic rings. The van der Waals surface area contributed by atoms with E-state index in [2.05, 4.69) is 10.0 Å². The van der Waals surface area contributed by atoms with Gasteiger partial charge in [-0.05, 0) is 37.1 Å². The van der Waals surface area contributed by atoms with Crippen LogP contribution in [0.2, 0.25) is 0 Å². The largest absolute Gasteiger partial charge is 0.394 e. The molecule has 0 bridgehead atoms. The van der Waals surface area contributed by atoms with Crippen molar-refractivity contribution >= 4 is 15.7 Å². The molecule has 0 aliphatic carbocycles. The molecule has 0 fully saturated rings. The lowest BCUT2D eigenvalue weighted by Gasteiger charge is -2.09. The molecule has 0 heterocycles. The van der Waals surface area contributed by atoms with E-state index in [4.69, 9.17) is 9.84 Å². The molecule has 1 aromatic carbocycles. The van der Waals surface area contributed by atoms with Gasteiger partial charge < -0.3 is 15.2 Å². The number of benzene rings is 1. The minimum absolute atomic E-state index is 0.0371. The van der Waals surface area contributed by atoms with Crippen molar-refractivity contribution in [1.82, 2.24) is 4.72 Å². The van der Waals surface area contributed by atoms with Crippen LogP contribution in [0.15, 0.2) is 29.2 Å². The van der Waals surface area contributed by atoms with Crippen LogP contribution in [-0.2, 0) is 14.8 Å². The van der Waals surface area contributed by atoms with Crippen molar-refractivity contribution < 1.29 is 18.3 Å². The predicted octanol–water partition coefficient (Wildman–Crippen LogP) is 1.19. The zero-order valence-electron chi connectivity index (χ0n) is 12.3. The van der Waals surface area contributed by atoms with Crippen LogP contribution in [0.5, 0.6) is 0 Å². The number of hydrogen-bond donors (Lipinski definition) is 3. The SMILES string of the molecule is CCCNS(=O)(=O)c1ccc(NCCCOCCO)cc1. The third-order valence-corrected chi connectivity index (χ3v) is 4.21. The monoisotopic (exact) mass is 316 g/mol. The summed E-state index contributed by atoms with van der Waals surface area (Å²) in [5, 5.41) is 11.7. The number of sulfonamides is 1. The molecule has 0 aromatic heterocycles. The van der Waals surface area contributed by atoms with Gasteiger partial charge in [-0.3, -0.25) is 0 Å². The Morgan fingerprint density at radius 1 is 1.14 bits per heavy atom. The lowest BCUT2D eigenvalue weighted by molar-refractivity contribution is 0.0922. The Bertz CT molecular complexity index is 488. The second kappa shape index (κ2) is 9.73. The van der Waals surface area contributed by atoms with Gasteiger partial charge in [0, 0.05) is 25.4 Å². The second-order valence-electron chi connectivity index (χ2n) is 4.54. The van der Waals surface area contributed by atoms with E-state index in [1.54, 1.807) is 24.3 Å². The molecule has 0 saturated carbocycles. The molecule has 0 saturated heterocycles. The number of hydrogen-bond acceptors (Lipinski definition) is 5. The van der Waals surface area contributed by atoms with Gasteiger partial charge in [0.05, 0.1) is 18.1 Å². The molecular weight excluding hydrogens is 292 g/mol. The fourth-order valence-corrected chi connectivity index (χ4v) is 2.78. The molecule has 6 nitrogen and oxygen atoms in total. The van der Waals surface area contributed by atoms with Crippen LogP contribution in [0.25, 0.3) is 0 Å². The molecular formula is C14H24N2O4S. The average molecular weight is 316 g/mol. The molecule has 7 heteroatoms. The highest BCUT2D eigenvalue weighted by Gasteiger charge is 2.12. The number of nitrogens with one attached hydrogen (secondary N) is 2. The summed E-state index contributed by atoms with van der Waals surface area (Å²) in [5.74, 6) is 0. The smallest absolute Gasteiger partial charge is 0.240 e. The van der Waals surface area contributed by atoms with Crippen molar-refractivity contribution in [2.45, 2.75) is 24.7 Å². The normalized spacial score (nSPS) is 11.5. The van der Waals surface area contributed by atoms with Gasteiger partial charge in [0.1, 0.15) is 0 Å². The molecule has 0 atom stereocenters. The highest BCUT2D eigenvalue weighted by atomic mass is 32.2. The fraction of sp³-hybridized carbons (Fsp3) is 0.571. The molecule has 1 rings (SSSR count). The molecule has 0 unspecified atom stereocenters. The molecule has 0 spiro atoms. The quantitative estimate of drug-likeness (QED) is 0.534. The maximum atomic E-state index is 11.9. The maximum Gasteiger partial charge on any atom is 0.240 e. The van der Waals surface area contributed by atoms with Gasteiger partial charge in [0.25, 0.3) is 0 Å². The lowest BCUT2D eigenvalue weighted by atomic mass is 10.3. The molecule has 21 heavy (non-hydrogen) atoms. The van der Waals surface area contributed by atoms with Crippen LogP contribution in [0, 0.1) is 0 Å². The summed E-state index contributed by atoms with van der Waals surface area (Å²) in [6, 6.07) is 6.66. The first-order chi connectivity index (χ1) is 10.1. The van der Waals surface area contributed by atoms with E-state index in [1.807, 2.05) is 6.92 Å². The van der Waals surface area contributed by atoms with Gasteiger partial charge in [-0.2, -0.15) is 0 Å². The van der Waals surface area contributed by atoms with Crippen LogP contribution in [0.4, 0.5) is 5.69 Å². The van der Waals surface area contributed by atoms with E-state index in [0.717, 1.165) is 25.1 Å². The van der Waals surface area contributed by atoms with Crippen molar-refractivity contribution in [2.24, 2.45) is 0 Å². The molecule has 120 valence electrons. The second-order valence-corrected chi connectivity index (χ2v) is 6.31. The van der Waals surface area contributed by atoms with E-state index in [9.17, 15) is 8.42 Å². The Kier molecular flexibility index (Phi) is 8.29. The van der Waals surface area contributed by atoms with E-state index < -0.39 is 10.0 Å². The first-order valence-corrected chi connectivity index (χ1v) is 8.60. The Morgan fingerprint density at radius 2 is 1.86 bits per heavy atom. The van der Waals surface area contributed by atoms with Gasteiger partial charge in [-0.1, -0.05) is 6.92 Å². The Labute approximate surface area is 126 Å². The topological polar surface area (TPSA) is 87.7 Å². The Balaban J connectivity index is 2.40. The van der Waals surface area contributed by atoms with Gasteiger partial charge >= 0.3 is 0 Å². The predicted molar refractivity (Wildman–Crippen MR) is 82.9 cm³/mol. The lowest BCUT2D eigenvalue weighted by Crippen LogP contribution is -2.24. The fourth-order valence-electron chi connectivity index (χ4n) is 1.65. The van der Waals surface area contributed by atoms with Crippen molar-refractivity contribution in [3.8, 4) is 0 Å². The van der Waals surface area contributed by atoms with Crippen LogP contribution in [-0.4, -0.2) is 46.4 Å². The van der Waals surface area contributed by atoms with E-state index >= 15 is 0 Å². The van der Waals surface area contributed by atoms with Crippen molar-refractivity contribution in [3.63, 3.8) is 0 Å². The number of aliphatic hydroxyl groups excluding tert-OH is 1. The molecule has 0 radical (unpaired) electrons. The zero-order valence-corrected chi connectivity index (χ0v) is 13.2. The van der Waals surface area contributed by atoms with Crippen LogP contribution in [0.1, 0.15) is 19.8 Å². The highest BCUT2D eigenvalue weighted by molar-refractivity contribution is 7.89. The third kappa shape index (κ3) is 6.90. The molecule has 0 amide bonds. The summed E-state index contributed by atoms with van der Waals surface area (Å²) in [4.78, 5) is 0.271. The van der Waals surface area contributed by atoms with Crippen LogP contribution < -0.4 is 10.0 Å². The number of rotatable bonds is 11. The Morgan fingerprint density at radius 3 is 2.48 bits per heavy atom. The molecule has 3 N–H and O–H groups in total. The maximum absolute atomic E-state index is 11.9. The van der Waals surface area contributed by atoms with E-state index in [1.165, 1.54) is 0 Å². The number of aliphatic hydroxyl groups is 1. The van der Waals surface area contributed by atoms with Crippen LogP contribution >= 0.6 is 0 Å². The van der Waals surface area contributed by atoms with Crippen LogP contribution in [0.3, 0.4) is 0 Å².